The van der Waals surface area contributed by atoms with Gasteiger partial charge < -0.3 is 19.7 Å². The molecule has 28 heavy (non-hydrogen) atoms. The Kier molecular flexibility index (Phi) is 7.52. The molecule has 0 bridgehead atoms. The first-order valence-corrected chi connectivity index (χ1v) is 10.9. The minimum Gasteiger partial charge on any atom is -0.496 e. The van der Waals surface area contributed by atoms with Gasteiger partial charge in [-0.25, -0.2) is 0 Å². The van der Waals surface area contributed by atoms with Gasteiger partial charge >= 0.3 is 0 Å². The van der Waals surface area contributed by atoms with Gasteiger partial charge in [-0.15, -0.1) is 11.8 Å². The van der Waals surface area contributed by atoms with E-state index in [2.05, 4.69) is 6.07 Å². The zero-order valence-electron chi connectivity index (χ0n) is 16.2. The minimum atomic E-state index is -0.418. The van der Waals surface area contributed by atoms with E-state index in [4.69, 9.17) is 21.1 Å². The van der Waals surface area contributed by atoms with Crippen molar-refractivity contribution >= 4 is 23.4 Å². The van der Waals surface area contributed by atoms with Crippen molar-refractivity contribution in [2.24, 2.45) is 0 Å². The van der Waals surface area contributed by atoms with Crippen LogP contribution >= 0.6 is 23.4 Å². The molecule has 2 N–H and O–H groups in total. The van der Waals surface area contributed by atoms with Gasteiger partial charge in [0.2, 0.25) is 0 Å². The van der Waals surface area contributed by atoms with Crippen molar-refractivity contribution in [3.8, 4) is 11.5 Å². The summed E-state index contributed by atoms with van der Waals surface area (Å²) in [5.74, 6) is 1.58. The second-order valence-electron chi connectivity index (χ2n) is 6.99. The predicted octanol–water partition coefficient (Wildman–Crippen LogP) is 4.63. The lowest BCUT2D eigenvalue weighted by Crippen LogP contribution is -2.27. The molecule has 1 fully saturated rings. The zero-order valence-corrected chi connectivity index (χ0v) is 17.8. The van der Waals surface area contributed by atoms with E-state index in [1.54, 1.807) is 18.9 Å². The van der Waals surface area contributed by atoms with Crippen LogP contribution in [0.4, 0.5) is 0 Å². The largest absolute Gasteiger partial charge is 0.496 e. The number of halogens is 1. The molecule has 2 aromatic carbocycles. The Hall–Kier alpha value is -1.40. The van der Waals surface area contributed by atoms with Crippen LogP contribution in [0, 0.1) is 0 Å². The molecule has 6 heteroatoms. The van der Waals surface area contributed by atoms with Crippen molar-refractivity contribution < 1.29 is 19.7 Å². The van der Waals surface area contributed by atoms with Gasteiger partial charge in [0.15, 0.2) is 0 Å². The third-order valence-electron chi connectivity index (χ3n) is 4.96. The van der Waals surface area contributed by atoms with Crippen molar-refractivity contribution in [3.63, 3.8) is 0 Å². The number of benzene rings is 2. The van der Waals surface area contributed by atoms with Crippen molar-refractivity contribution in [1.29, 1.82) is 0 Å². The smallest absolute Gasteiger partial charge is 0.124 e. The molecule has 2 aromatic rings. The molecule has 0 amide bonds. The van der Waals surface area contributed by atoms with Gasteiger partial charge in [0.05, 0.1) is 26.4 Å². The van der Waals surface area contributed by atoms with Gasteiger partial charge in [0, 0.05) is 21.1 Å². The first-order chi connectivity index (χ1) is 13.5. The Bertz CT molecular complexity index is 781. The van der Waals surface area contributed by atoms with Crippen molar-refractivity contribution in [2.45, 2.75) is 42.8 Å². The maximum Gasteiger partial charge on any atom is 0.124 e. The second kappa shape index (κ2) is 9.88. The fourth-order valence-corrected chi connectivity index (χ4v) is 5.35. The van der Waals surface area contributed by atoms with Gasteiger partial charge in [0.25, 0.3) is 0 Å². The van der Waals surface area contributed by atoms with Crippen LogP contribution in [0.1, 0.15) is 41.7 Å². The normalized spacial score (nSPS) is 22.1. The van der Waals surface area contributed by atoms with Crippen LogP contribution in [0.15, 0.2) is 36.4 Å². The average molecular weight is 423 g/mol. The Balaban J connectivity index is 1.87. The summed E-state index contributed by atoms with van der Waals surface area (Å²) in [7, 11) is 1.63. The van der Waals surface area contributed by atoms with Crippen LogP contribution < -0.4 is 9.47 Å². The van der Waals surface area contributed by atoms with E-state index >= 15 is 0 Å². The van der Waals surface area contributed by atoms with Crippen LogP contribution in [0.2, 0.25) is 5.02 Å². The molecule has 0 saturated carbocycles. The van der Waals surface area contributed by atoms with E-state index in [-0.39, 0.29) is 17.1 Å². The fourth-order valence-electron chi connectivity index (χ4n) is 3.58. The van der Waals surface area contributed by atoms with E-state index in [1.807, 2.05) is 37.3 Å². The van der Waals surface area contributed by atoms with Crippen LogP contribution in [0.3, 0.4) is 0 Å². The van der Waals surface area contributed by atoms with E-state index in [1.165, 1.54) is 0 Å². The molecular formula is C22H27ClO4S. The summed E-state index contributed by atoms with van der Waals surface area (Å²) in [6, 6.07) is 12.0. The highest BCUT2D eigenvalue weighted by atomic mass is 35.5. The number of methoxy groups -OCH3 is 1. The number of hydrogen-bond donors (Lipinski definition) is 2. The number of aliphatic hydroxyl groups is 2. The number of ether oxygens (including phenoxy) is 2. The highest BCUT2D eigenvalue weighted by Gasteiger charge is 2.31. The molecule has 0 aromatic heterocycles. The summed E-state index contributed by atoms with van der Waals surface area (Å²) in [5, 5.41) is 20.5. The Morgan fingerprint density at radius 1 is 1.18 bits per heavy atom. The molecule has 1 aliphatic heterocycles. The Morgan fingerprint density at radius 2 is 1.93 bits per heavy atom. The fraction of sp³-hybridized carbons (Fsp3) is 0.455. The molecule has 152 valence electrons. The first kappa shape index (κ1) is 21.3. The van der Waals surface area contributed by atoms with Gasteiger partial charge in [-0.2, -0.15) is 0 Å². The molecule has 1 heterocycles. The third-order valence-corrected chi connectivity index (χ3v) is 6.81. The van der Waals surface area contributed by atoms with Crippen molar-refractivity contribution in [3.05, 3.63) is 58.1 Å². The molecule has 0 radical (unpaired) electrons. The van der Waals surface area contributed by atoms with Gasteiger partial charge in [-0.05, 0) is 61.6 Å². The summed E-state index contributed by atoms with van der Waals surface area (Å²) in [6.45, 7) is 2.67. The summed E-state index contributed by atoms with van der Waals surface area (Å²) < 4.78 is 11.1. The van der Waals surface area contributed by atoms with Crippen LogP contribution in [-0.4, -0.2) is 41.9 Å². The van der Waals surface area contributed by atoms with Crippen LogP contribution in [0.25, 0.3) is 0 Å². The maximum absolute atomic E-state index is 10.2. The molecule has 4 nitrogen and oxygen atoms in total. The molecule has 3 rings (SSSR count). The molecule has 0 spiro atoms. The van der Waals surface area contributed by atoms with E-state index in [9.17, 15) is 10.2 Å². The summed E-state index contributed by atoms with van der Waals surface area (Å²) in [6.07, 6.45) is 1.54. The number of thioether (sulfide) groups is 1. The topological polar surface area (TPSA) is 58.9 Å². The van der Waals surface area contributed by atoms with Gasteiger partial charge in [-0.1, -0.05) is 23.7 Å². The average Bonchev–Trinajstić information content (AvgIpc) is 2.70. The van der Waals surface area contributed by atoms with E-state index in [0.717, 1.165) is 28.2 Å². The van der Waals surface area contributed by atoms with Crippen LogP contribution in [0.5, 0.6) is 11.5 Å². The lowest BCUT2D eigenvalue weighted by molar-refractivity contribution is 0.136. The lowest BCUT2D eigenvalue weighted by Gasteiger charge is -2.32. The maximum atomic E-state index is 10.2. The van der Waals surface area contributed by atoms with E-state index < -0.39 is 6.10 Å². The van der Waals surface area contributed by atoms with Gasteiger partial charge in [-0.3, -0.25) is 0 Å². The van der Waals surface area contributed by atoms with Crippen LogP contribution in [-0.2, 0) is 6.42 Å². The minimum absolute atomic E-state index is 0.0312. The van der Waals surface area contributed by atoms with Crippen molar-refractivity contribution in [1.82, 2.24) is 0 Å². The predicted molar refractivity (Wildman–Crippen MR) is 115 cm³/mol. The molecule has 3 atom stereocenters. The van der Waals surface area contributed by atoms with Crippen molar-refractivity contribution in [2.75, 3.05) is 20.3 Å². The number of aliphatic hydroxyl groups excluding tert-OH is 2. The highest BCUT2D eigenvalue weighted by molar-refractivity contribution is 8.00. The Labute approximate surface area is 175 Å². The summed E-state index contributed by atoms with van der Waals surface area (Å²) in [4.78, 5) is 0. The monoisotopic (exact) mass is 422 g/mol. The zero-order chi connectivity index (χ0) is 20.1. The van der Waals surface area contributed by atoms with Gasteiger partial charge in [0.1, 0.15) is 11.5 Å². The standard InChI is InChI=1S/C22H27ClO4S/c1-3-27-17-6-4-14(5-7-17)8-15-9-19(21(26-2)12-20(15)23)22-11-16(25)10-18(13-24)28-22/h4-7,9,12,16,18,22,24-25H,3,8,10-11,13H2,1-2H3/t16-,18-,22+/m0/s1. The Morgan fingerprint density at radius 3 is 2.57 bits per heavy atom. The quantitative estimate of drug-likeness (QED) is 0.681. The summed E-state index contributed by atoms with van der Waals surface area (Å²) in [5.41, 5.74) is 3.18. The second-order valence-corrected chi connectivity index (χ2v) is 8.91. The number of rotatable bonds is 7. The molecule has 0 aliphatic carbocycles. The SMILES string of the molecule is CCOc1ccc(Cc2cc([C@H]3C[C@@H](O)C[C@@H](CO)S3)c(OC)cc2Cl)cc1. The molecule has 1 aliphatic rings. The summed E-state index contributed by atoms with van der Waals surface area (Å²) >= 11 is 8.23. The molecular weight excluding hydrogens is 396 g/mol. The van der Waals surface area contributed by atoms with E-state index in [0.29, 0.717) is 30.9 Å². The molecule has 1 saturated heterocycles. The first-order valence-electron chi connectivity index (χ1n) is 9.56. The molecule has 0 unspecified atom stereocenters. The number of hydrogen-bond acceptors (Lipinski definition) is 5. The third kappa shape index (κ3) is 5.15. The lowest BCUT2D eigenvalue weighted by atomic mass is 9.97. The highest BCUT2D eigenvalue weighted by Crippen LogP contribution is 2.46.